The third-order valence-corrected chi connectivity index (χ3v) is 6.54. The van der Waals surface area contributed by atoms with Gasteiger partial charge in [0.2, 0.25) is 0 Å². The fourth-order valence-corrected chi connectivity index (χ4v) is 5.08. The van der Waals surface area contributed by atoms with E-state index in [9.17, 15) is 17.9 Å². The second-order valence-corrected chi connectivity index (χ2v) is 8.03. The molecule has 0 aromatic heterocycles. The number of phenolic OH excluding ortho intramolecular Hbond substituents is 1. The number of benzene rings is 3. The van der Waals surface area contributed by atoms with Gasteiger partial charge < -0.3 is 5.11 Å². The summed E-state index contributed by atoms with van der Waals surface area (Å²) < 4.78 is 41.8. The first-order valence-corrected chi connectivity index (χ1v) is 9.56. The van der Waals surface area contributed by atoms with Crippen molar-refractivity contribution in [3.05, 3.63) is 78.1 Å². The van der Waals surface area contributed by atoms with Gasteiger partial charge in [-0.3, -0.25) is 4.31 Å². The Morgan fingerprint density at radius 3 is 2.38 bits per heavy atom. The zero-order valence-electron chi connectivity index (χ0n) is 13.9. The number of fused-ring (bicyclic) bond motifs is 3. The van der Waals surface area contributed by atoms with Gasteiger partial charge in [0.05, 0.1) is 16.6 Å². The first kappa shape index (κ1) is 16.6. The summed E-state index contributed by atoms with van der Waals surface area (Å²) in [5.41, 5.74) is 2.62. The molecule has 0 bridgehead atoms. The summed E-state index contributed by atoms with van der Waals surface area (Å²) >= 11 is 0. The molecule has 1 unspecified atom stereocenters. The Labute approximate surface area is 151 Å². The summed E-state index contributed by atoms with van der Waals surface area (Å²) in [6.45, 7) is 1.81. The fraction of sp³-hybridized carbons (Fsp3) is 0.100. The molecule has 0 aliphatic carbocycles. The summed E-state index contributed by atoms with van der Waals surface area (Å²) in [6, 6.07) is 16.5. The molecule has 132 valence electrons. The van der Waals surface area contributed by atoms with Crippen molar-refractivity contribution in [1.29, 1.82) is 0 Å². The summed E-state index contributed by atoms with van der Waals surface area (Å²) in [7, 11) is -3.90. The van der Waals surface area contributed by atoms with Gasteiger partial charge in [-0.1, -0.05) is 24.3 Å². The normalized spacial score (nSPS) is 16.1. The quantitative estimate of drug-likeness (QED) is 0.725. The highest BCUT2D eigenvalue weighted by Gasteiger charge is 2.36. The van der Waals surface area contributed by atoms with E-state index in [2.05, 4.69) is 0 Å². The van der Waals surface area contributed by atoms with Gasteiger partial charge >= 0.3 is 0 Å². The van der Waals surface area contributed by atoms with Crippen molar-refractivity contribution in [1.82, 2.24) is 0 Å². The Balaban J connectivity index is 1.97. The van der Waals surface area contributed by atoms with Gasteiger partial charge in [-0.05, 0) is 60.5 Å². The molecule has 1 atom stereocenters. The van der Waals surface area contributed by atoms with Gasteiger partial charge in [0.25, 0.3) is 10.0 Å². The highest BCUT2D eigenvalue weighted by Crippen LogP contribution is 2.47. The maximum Gasteiger partial charge on any atom is 0.264 e. The molecule has 1 N–H and O–H groups in total. The van der Waals surface area contributed by atoms with Gasteiger partial charge in [0.15, 0.2) is 0 Å². The SMILES string of the molecule is CC1c2ccccc2-c2cc(F)ccc2N1S(=O)(=O)c1ccc(O)cc1. The van der Waals surface area contributed by atoms with Crippen LogP contribution in [0.1, 0.15) is 18.5 Å². The highest BCUT2D eigenvalue weighted by atomic mass is 32.2. The Morgan fingerprint density at radius 2 is 1.65 bits per heavy atom. The number of hydrogen-bond donors (Lipinski definition) is 1. The molecule has 3 aromatic carbocycles. The molecule has 0 saturated carbocycles. The molecule has 3 aromatic rings. The minimum absolute atomic E-state index is 0.0107. The number of sulfonamides is 1. The molecule has 0 spiro atoms. The highest BCUT2D eigenvalue weighted by molar-refractivity contribution is 7.92. The zero-order chi connectivity index (χ0) is 18.5. The molecule has 4 nitrogen and oxygen atoms in total. The van der Waals surface area contributed by atoms with E-state index in [0.717, 1.165) is 11.1 Å². The molecule has 4 rings (SSSR count). The Kier molecular flexibility index (Phi) is 3.73. The number of phenols is 1. The van der Waals surface area contributed by atoms with Crippen molar-refractivity contribution in [2.45, 2.75) is 17.9 Å². The van der Waals surface area contributed by atoms with Crippen LogP contribution >= 0.6 is 0 Å². The predicted molar refractivity (Wildman–Crippen MR) is 98.0 cm³/mol. The van der Waals surface area contributed by atoms with E-state index in [1.165, 1.54) is 46.8 Å². The van der Waals surface area contributed by atoms with Crippen LogP contribution in [-0.4, -0.2) is 13.5 Å². The molecule has 0 fully saturated rings. The zero-order valence-corrected chi connectivity index (χ0v) is 14.7. The molecule has 0 amide bonds. The van der Waals surface area contributed by atoms with Crippen LogP contribution in [0, 0.1) is 5.82 Å². The molecule has 26 heavy (non-hydrogen) atoms. The van der Waals surface area contributed by atoms with Crippen LogP contribution < -0.4 is 4.31 Å². The van der Waals surface area contributed by atoms with E-state index in [4.69, 9.17) is 0 Å². The summed E-state index contributed by atoms with van der Waals surface area (Å²) in [6.07, 6.45) is 0. The molecule has 1 aliphatic heterocycles. The minimum Gasteiger partial charge on any atom is -0.508 e. The van der Waals surface area contributed by atoms with Crippen molar-refractivity contribution in [2.75, 3.05) is 4.31 Å². The number of halogens is 1. The number of anilines is 1. The van der Waals surface area contributed by atoms with Crippen LogP contribution in [0.3, 0.4) is 0 Å². The van der Waals surface area contributed by atoms with E-state index in [1.54, 1.807) is 0 Å². The van der Waals surface area contributed by atoms with Gasteiger partial charge in [0, 0.05) is 5.56 Å². The third-order valence-electron chi connectivity index (χ3n) is 4.64. The van der Waals surface area contributed by atoms with Crippen LogP contribution in [0.4, 0.5) is 10.1 Å². The molecule has 0 saturated heterocycles. The van der Waals surface area contributed by atoms with Gasteiger partial charge in [-0.15, -0.1) is 0 Å². The topological polar surface area (TPSA) is 57.6 Å². The second kappa shape index (κ2) is 5.85. The van der Waals surface area contributed by atoms with Crippen LogP contribution in [-0.2, 0) is 10.0 Å². The number of nitrogens with zero attached hydrogens (tertiary/aromatic N) is 1. The standard InChI is InChI=1S/C20H16FNO3S/c1-13-17-4-2-3-5-18(17)19-12-14(21)6-11-20(19)22(13)26(24,25)16-9-7-15(23)8-10-16/h2-13,23H,1H3. The van der Waals surface area contributed by atoms with Crippen LogP contribution in [0.15, 0.2) is 71.6 Å². The fourth-order valence-electron chi connectivity index (χ4n) is 3.43. The second-order valence-electron chi connectivity index (χ2n) is 6.22. The lowest BCUT2D eigenvalue weighted by atomic mass is 9.90. The van der Waals surface area contributed by atoms with E-state index in [1.807, 2.05) is 31.2 Å². The molecule has 6 heteroatoms. The number of rotatable bonds is 2. The van der Waals surface area contributed by atoms with E-state index in [-0.39, 0.29) is 10.6 Å². The van der Waals surface area contributed by atoms with Crippen LogP contribution in [0.2, 0.25) is 0 Å². The predicted octanol–water partition coefficient (Wildman–Crippen LogP) is 4.47. The van der Waals surface area contributed by atoms with Crippen LogP contribution in [0.5, 0.6) is 5.75 Å². The Morgan fingerprint density at radius 1 is 0.962 bits per heavy atom. The maximum absolute atomic E-state index is 13.9. The van der Waals surface area contributed by atoms with Crippen molar-refractivity contribution < 1.29 is 17.9 Å². The molecule has 1 aliphatic rings. The van der Waals surface area contributed by atoms with Crippen molar-refractivity contribution in [3.8, 4) is 16.9 Å². The van der Waals surface area contributed by atoms with E-state index >= 15 is 0 Å². The number of hydrogen-bond acceptors (Lipinski definition) is 3. The summed E-state index contributed by atoms with van der Waals surface area (Å²) in [5, 5.41) is 9.45. The van der Waals surface area contributed by atoms with E-state index in [0.29, 0.717) is 11.3 Å². The molecule has 0 radical (unpaired) electrons. The average Bonchev–Trinajstić information content (AvgIpc) is 2.63. The first-order valence-electron chi connectivity index (χ1n) is 8.12. The molecular weight excluding hydrogens is 353 g/mol. The lowest BCUT2D eigenvalue weighted by Crippen LogP contribution is -2.36. The Hall–Kier alpha value is -2.86. The minimum atomic E-state index is -3.90. The van der Waals surface area contributed by atoms with Crippen LogP contribution in [0.25, 0.3) is 11.1 Å². The molecule has 1 heterocycles. The van der Waals surface area contributed by atoms with Crippen molar-refractivity contribution >= 4 is 15.7 Å². The lowest BCUT2D eigenvalue weighted by Gasteiger charge is -2.37. The average molecular weight is 369 g/mol. The number of aromatic hydroxyl groups is 1. The van der Waals surface area contributed by atoms with Gasteiger partial charge in [-0.25, -0.2) is 12.8 Å². The first-order chi connectivity index (χ1) is 12.4. The van der Waals surface area contributed by atoms with Gasteiger partial charge in [-0.2, -0.15) is 0 Å². The monoisotopic (exact) mass is 369 g/mol. The van der Waals surface area contributed by atoms with Crippen molar-refractivity contribution in [2.24, 2.45) is 0 Å². The van der Waals surface area contributed by atoms with Gasteiger partial charge in [0.1, 0.15) is 11.6 Å². The summed E-state index contributed by atoms with van der Waals surface area (Å²) in [5.74, 6) is -0.432. The van der Waals surface area contributed by atoms with Crippen molar-refractivity contribution in [3.63, 3.8) is 0 Å². The smallest absolute Gasteiger partial charge is 0.264 e. The van der Waals surface area contributed by atoms with E-state index < -0.39 is 21.9 Å². The Bertz CT molecular complexity index is 1090. The molecular formula is C20H16FNO3S. The lowest BCUT2D eigenvalue weighted by molar-refractivity contribution is 0.474. The summed E-state index contributed by atoms with van der Waals surface area (Å²) in [4.78, 5) is 0.0665. The third kappa shape index (κ3) is 2.45. The maximum atomic E-state index is 13.9. The largest absolute Gasteiger partial charge is 0.508 e.